The Hall–Kier alpha value is -1.02. The van der Waals surface area contributed by atoms with Crippen molar-refractivity contribution in [2.45, 2.75) is 64.6 Å². The predicted octanol–water partition coefficient (Wildman–Crippen LogP) is 3.95. The largest absolute Gasteiger partial charge is 0.366 e. The Morgan fingerprint density at radius 3 is 2.80 bits per heavy atom. The molecule has 20 heavy (non-hydrogen) atoms. The van der Waals surface area contributed by atoms with Crippen LogP contribution in [0.2, 0.25) is 0 Å². The van der Waals surface area contributed by atoms with E-state index in [1.165, 1.54) is 36.9 Å². The molecule has 0 radical (unpaired) electrons. The summed E-state index contributed by atoms with van der Waals surface area (Å²) < 4.78 is 0. The first kappa shape index (κ1) is 13.9. The summed E-state index contributed by atoms with van der Waals surface area (Å²) in [5.41, 5.74) is 3.10. The van der Waals surface area contributed by atoms with E-state index in [0.29, 0.717) is 0 Å². The normalized spacial score (nSPS) is 29.6. The predicted molar refractivity (Wildman–Crippen MR) is 86.1 cm³/mol. The van der Waals surface area contributed by atoms with Crippen LogP contribution >= 0.6 is 0 Å². The van der Waals surface area contributed by atoms with Crippen LogP contribution in [-0.2, 0) is 6.54 Å². The monoisotopic (exact) mass is 272 g/mol. The van der Waals surface area contributed by atoms with Crippen LogP contribution in [0.4, 0.5) is 5.69 Å². The third-order valence-electron chi connectivity index (χ3n) is 4.97. The van der Waals surface area contributed by atoms with Gasteiger partial charge in [0, 0.05) is 30.4 Å². The lowest BCUT2D eigenvalue weighted by Crippen LogP contribution is -2.50. The molecule has 0 saturated heterocycles. The van der Waals surface area contributed by atoms with Crippen molar-refractivity contribution in [3.05, 3.63) is 29.8 Å². The summed E-state index contributed by atoms with van der Waals surface area (Å²) in [7, 11) is 0. The van der Waals surface area contributed by atoms with Crippen LogP contribution in [0.3, 0.4) is 0 Å². The third-order valence-corrected chi connectivity index (χ3v) is 4.97. The zero-order chi connectivity index (χ0) is 14.2. The minimum Gasteiger partial charge on any atom is -0.366 e. The van der Waals surface area contributed by atoms with Crippen LogP contribution in [0, 0.1) is 5.92 Å². The highest BCUT2D eigenvalue weighted by Crippen LogP contribution is 2.34. The van der Waals surface area contributed by atoms with Gasteiger partial charge in [0.05, 0.1) is 0 Å². The van der Waals surface area contributed by atoms with Gasteiger partial charge in [-0.15, -0.1) is 0 Å². The molecule has 1 aliphatic heterocycles. The number of para-hydroxylation sites is 1. The van der Waals surface area contributed by atoms with Gasteiger partial charge in [0.2, 0.25) is 0 Å². The second-order valence-electron chi connectivity index (χ2n) is 7.42. The van der Waals surface area contributed by atoms with E-state index in [9.17, 15) is 0 Å². The summed E-state index contributed by atoms with van der Waals surface area (Å²) >= 11 is 0. The van der Waals surface area contributed by atoms with Gasteiger partial charge in [0.15, 0.2) is 0 Å². The van der Waals surface area contributed by atoms with Crippen LogP contribution < -0.4 is 10.2 Å². The van der Waals surface area contributed by atoms with Crippen LogP contribution in [-0.4, -0.2) is 18.1 Å². The average molecular weight is 272 g/mol. The van der Waals surface area contributed by atoms with E-state index in [0.717, 1.165) is 25.0 Å². The van der Waals surface area contributed by atoms with Gasteiger partial charge in [0.1, 0.15) is 0 Å². The van der Waals surface area contributed by atoms with Gasteiger partial charge in [0.25, 0.3) is 0 Å². The Kier molecular flexibility index (Phi) is 3.76. The Bertz CT molecular complexity index is 466. The molecule has 1 aromatic carbocycles. The van der Waals surface area contributed by atoms with E-state index < -0.39 is 0 Å². The molecular formula is C18H28N2. The minimum absolute atomic E-state index is 0.180. The first-order chi connectivity index (χ1) is 9.55. The van der Waals surface area contributed by atoms with Crippen molar-refractivity contribution in [3.8, 4) is 0 Å². The van der Waals surface area contributed by atoms with Crippen molar-refractivity contribution in [2.75, 3.05) is 11.4 Å². The SMILES string of the molecule is CC1CCCC(N2CC(C)(C)NCc3ccccc32)C1. The van der Waals surface area contributed by atoms with Gasteiger partial charge in [-0.05, 0) is 44.2 Å². The standard InChI is InChI=1S/C18H28N2/c1-14-7-6-9-16(11-14)20-13-18(2,3)19-12-15-8-4-5-10-17(15)20/h4-5,8,10,14,16,19H,6-7,9,11-13H2,1-3H3. The van der Waals surface area contributed by atoms with Crippen LogP contribution in [0.15, 0.2) is 24.3 Å². The summed E-state index contributed by atoms with van der Waals surface area (Å²) in [5.74, 6) is 0.875. The molecule has 2 heteroatoms. The number of benzene rings is 1. The number of hydrogen-bond donors (Lipinski definition) is 1. The molecule has 2 unspecified atom stereocenters. The maximum Gasteiger partial charge on any atom is 0.0414 e. The molecule has 2 atom stereocenters. The fourth-order valence-electron chi connectivity index (χ4n) is 3.85. The Labute approximate surface area is 123 Å². The molecule has 1 fully saturated rings. The zero-order valence-electron chi connectivity index (χ0n) is 13.2. The first-order valence-corrected chi connectivity index (χ1v) is 8.15. The van der Waals surface area contributed by atoms with E-state index in [2.05, 4.69) is 55.3 Å². The number of anilines is 1. The summed E-state index contributed by atoms with van der Waals surface area (Å²) in [6, 6.07) is 9.68. The molecule has 2 aliphatic rings. The van der Waals surface area contributed by atoms with Crippen molar-refractivity contribution in [2.24, 2.45) is 5.92 Å². The molecule has 1 saturated carbocycles. The van der Waals surface area contributed by atoms with Crippen molar-refractivity contribution in [1.29, 1.82) is 0 Å². The van der Waals surface area contributed by atoms with Crippen LogP contribution in [0.1, 0.15) is 52.0 Å². The Balaban J connectivity index is 1.93. The van der Waals surface area contributed by atoms with Gasteiger partial charge in [-0.25, -0.2) is 0 Å². The van der Waals surface area contributed by atoms with Gasteiger partial charge >= 0.3 is 0 Å². The number of nitrogens with zero attached hydrogens (tertiary/aromatic N) is 1. The van der Waals surface area contributed by atoms with E-state index in [4.69, 9.17) is 0 Å². The first-order valence-electron chi connectivity index (χ1n) is 8.15. The van der Waals surface area contributed by atoms with Gasteiger partial charge < -0.3 is 10.2 Å². The fraction of sp³-hybridized carbons (Fsp3) is 0.667. The van der Waals surface area contributed by atoms with E-state index in [1.807, 2.05) is 0 Å². The molecule has 1 heterocycles. The molecule has 0 aromatic heterocycles. The highest BCUT2D eigenvalue weighted by Gasteiger charge is 2.32. The topological polar surface area (TPSA) is 15.3 Å². The molecule has 1 aromatic rings. The van der Waals surface area contributed by atoms with Crippen LogP contribution in [0.5, 0.6) is 0 Å². The molecule has 0 amide bonds. The van der Waals surface area contributed by atoms with Crippen molar-refractivity contribution in [3.63, 3.8) is 0 Å². The van der Waals surface area contributed by atoms with E-state index >= 15 is 0 Å². The smallest absolute Gasteiger partial charge is 0.0414 e. The van der Waals surface area contributed by atoms with Crippen LogP contribution in [0.25, 0.3) is 0 Å². The lowest BCUT2D eigenvalue weighted by atomic mass is 9.85. The molecule has 110 valence electrons. The molecule has 3 rings (SSSR count). The maximum atomic E-state index is 3.72. The van der Waals surface area contributed by atoms with E-state index in [-0.39, 0.29) is 5.54 Å². The number of nitrogens with one attached hydrogen (secondary N) is 1. The molecular weight excluding hydrogens is 244 g/mol. The highest BCUT2D eigenvalue weighted by atomic mass is 15.2. The third kappa shape index (κ3) is 2.85. The Morgan fingerprint density at radius 1 is 1.20 bits per heavy atom. The Morgan fingerprint density at radius 2 is 2.00 bits per heavy atom. The van der Waals surface area contributed by atoms with Crippen molar-refractivity contribution in [1.82, 2.24) is 5.32 Å². The summed E-state index contributed by atoms with van der Waals surface area (Å²) in [5, 5.41) is 3.72. The summed E-state index contributed by atoms with van der Waals surface area (Å²) in [6.07, 6.45) is 5.51. The molecule has 0 bridgehead atoms. The second kappa shape index (κ2) is 5.40. The van der Waals surface area contributed by atoms with Gasteiger partial charge in [-0.1, -0.05) is 38.0 Å². The zero-order valence-corrected chi connectivity index (χ0v) is 13.2. The van der Waals surface area contributed by atoms with Gasteiger partial charge in [-0.3, -0.25) is 0 Å². The van der Waals surface area contributed by atoms with Crippen molar-refractivity contribution < 1.29 is 0 Å². The fourth-order valence-corrected chi connectivity index (χ4v) is 3.85. The van der Waals surface area contributed by atoms with Crippen molar-refractivity contribution >= 4 is 5.69 Å². The second-order valence-corrected chi connectivity index (χ2v) is 7.42. The molecule has 1 aliphatic carbocycles. The number of hydrogen-bond acceptors (Lipinski definition) is 2. The lowest BCUT2D eigenvalue weighted by Gasteiger charge is -2.41. The maximum absolute atomic E-state index is 3.72. The molecule has 0 spiro atoms. The van der Waals surface area contributed by atoms with Gasteiger partial charge in [-0.2, -0.15) is 0 Å². The average Bonchev–Trinajstić information content (AvgIpc) is 2.56. The quantitative estimate of drug-likeness (QED) is 0.832. The number of fused-ring (bicyclic) bond motifs is 1. The number of rotatable bonds is 1. The minimum atomic E-state index is 0.180. The van der Waals surface area contributed by atoms with E-state index in [1.54, 1.807) is 0 Å². The molecule has 2 nitrogen and oxygen atoms in total. The summed E-state index contributed by atoms with van der Waals surface area (Å²) in [4.78, 5) is 2.70. The summed E-state index contributed by atoms with van der Waals surface area (Å²) in [6.45, 7) is 9.18. The molecule has 1 N–H and O–H groups in total. The highest BCUT2D eigenvalue weighted by molar-refractivity contribution is 5.56. The lowest BCUT2D eigenvalue weighted by molar-refractivity contribution is 0.308.